The van der Waals surface area contributed by atoms with Crippen LogP contribution in [0.2, 0.25) is 0 Å². The van der Waals surface area contributed by atoms with Crippen molar-refractivity contribution in [3.63, 3.8) is 0 Å². The maximum absolute atomic E-state index is 11.4. The first-order chi connectivity index (χ1) is 8.31. The fourth-order valence-electron chi connectivity index (χ4n) is 1.04. The molecule has 0 radical (unpaired) electrons. The van der Waals surface area contributed by atoms with Gasteiger partial charge >= 0.3 is 12.0 Å². The van der Waals surface area contributed by atoms with Crippen LogP contribution < -0.4 is 10.6 Å². The number of carboxylic acid groups (broad SMARTS) is 1. The minimum atomic E-state index is -1.99. The normalized spacial score (nSPS) is 13.5. The number of carbonyl (C=O) groups is 2. The maximum Gasteiger partial charge on any atom is 0.337 e. The second kappa shape index (κ2) is 5.83. The smallest absolute Gasteiger partial charge is 0.337 e. The van der Waals surface area contributed by atoms with Crippen LogP contribution in [0.1, 0.15) is 6.92 Å². The summed E-state index contributed by atoms with van der Waals surface area (Å²) in [5, 5.41) is 22.8. The highest BCUT2D eigenvalue weighted by atomic mass is 79.9. The van der Waals surface area contributed by atoms with Gasteiger partial charge in [-0.15, -0.1) is 0 Å². The summed E-state index contributed by atoms with van der Waals surface area (Å²) < 4.78 is 0.877. The highest BCUT2D eigenvalue weighted by Gasteiger charge is 2.30. The van der Waals surface area contributed by atoms with E-state index < -0.39 is 17.6 Å². The number of hydrogen-bond donors (Lipinski definition) is 4. The van der Waals surface area contributed by atoms with Gasteiger partial charge in [0.1, 0.15) is 0 Å². The van der Waals surface area contributed by atoms with Crippen molar-refractivity contribution in [1.82, 2.24) is 5.32 Å². The van der Waals surface area contributed by atoms with Crippen molar-refractivity contribution in [2.75, 3.05) is 11.9 Å². The van der Waals surface area contributed by atoms with Crippen molar-refractivity contribution in [3.8, 4) is 0 Å². The number of aliphatic hydroxyl groups is 1. The SMILES string of the molecule is CC(O)(CNC(=O)Nc1ccc(Br)cc1)C(=O)O. The topological polar surface area (TPSA) is 98.7 Å². The Balaban J connectivity index is 2.48. The lowest BCUT2D eigenvalue weighted by Crippen LogP contribution is -2.47. The molecule has 98 valence electrons. The van der Waals surface area contributed by atoms with Crippen molar-refractivity contribution >= 4 is 33.6 Å². The Morgan fingerprint density at radius 3 is 2.39 bits per heavy atom. The van der Waals surface area contributed by atoms with E-state index in [1.54, 1.807) is 24.3 Å². The molecule has 0 saturated carbocycles. The van der Waals surface area contributed by atoms with E-state index >= 15 is 0 Å². The zero-order chi connectivity index (χ0) is 13.8. The fraction of sp³-hybridized carbons (Fsp3) is 0.273. The number of urea groups is 1. The average molecular weight is 317 g/mol. The summed E-state index contributed by atoms with van der Waals surface area (Å²) in [5.41, 5.74) is -1.43. The minimum absolute atomic E-state index is 0.384. The lowest BCUT2D eigenvalue weighted by molar-refractivity contribution is -0.155. The Morgan fingerprint density at radius 2 is 1.89 bits per heavy atom. The first kappa shape index (κ1) is 14.5. The van der Waals surface area contributed by atoms with Gasteiger partial charge in [-0.1, -0.05) is 15.9 Å². The molecule has 1 rings (SSSR count). The third-order valence-electron chi connectivity index (χ3n) is 2.16. The summed E-state index contributed by atoms with van der Waals surface area (Å²) >= 11 is 3.26. The summed E-state index contributed by atoms with van der Waals surface area (Å²) in [6.07, 6.45) is 0. The van der Waals surface area contributed by atoms with E-state index in [-0.39, 0.29) is 6.54 Å². The van der Waals surface area contributed by atoms with Crippen molar-refractivity contribution < 1.29 is 19.8 Å². The van der Waals surface area contributed by atoms with Crippen LogP contribution >= 0.6 is 15.9 Å². The van der Waals surface area contributed by atoms with Gasteiger partial charge in [-0.2, -0.15) is 0 Å². The standard InChI is InChI=1S/C11H13BrN2O4/c1-11(18,9(15)16)6-13-10(17)14-8-4-2-7(12)3-5-8/h2-5,18H,6H2,1H3,(H,15,16)(H2,13,14,17). The highest BCUT2D eigenvalue weighted by molar-refractivity contribution is 9.10. The molecule has 0 aliphatic carbocycles. The van der Waals surface area contributed by atoms with E-state index in [4.69, 9.17) is 5.11 Å². The third kappa shape index (κ3) is 4.34. The van der Waals surface area contributed by atoms with Crippen LogP contribution in [0.4, 0.5) is 10.5 Å². The van der Waals surface area contributed by atoms with E-state index in [9.17, 15) is 14.7 Å². The monoisotopic (exact) mass is 316 g/mol. The number of benzene rings is 1. The number of rotatable bonds is 4. The molecule has 1 atom stereocenters. The Hall–Kier alpha value is -1.60. The molecule has 6 nitrogen and oxygen atoms in total. The van der Waals surface area contributed by atoms with Crippen molar-refractivity contribution in [3.05, 3.63) is 28.7 Å². The van der Waals surface area contributed by atoms with E-state index in [1.165, 1.54) is 0 Å². The van der Waals surface area contributed by atoms with Crippen LogP contribution in [0.5, 0.6) is 0 Å². The number of nitrogens with one attached hydrogen (secondary N) is 2. The Labute approximate surface area is 112 Å². The Morgan fingerprint density at radius 1 is 1.33 bits per heavy atom. The number of carboxylic acids is 1. The van der Waals surface area contributed by atoms with E-state index in [0.717, 1.165) is 11.4 Å². The van der Waals surface area contributed by atoms with Crippen molar-refractivity contribution in [2.45, 2.75) is 12.5 Å². The van der Waals surface area contributed by atoms with Gasteiger partial charge in [0.15, 0.2) is 5.60 Å². The number of hydrogen-bond acceptors (Lipinski definition) is 3. The number of anilines is 1. The molecule has 0 aliphatic heterocycles. The van der Waals surface area contributed by atoms with Gasteiger partial charge in [0, 0.05) is 10.2 Å². The van der Waals surface area contributed by atoms with Gasteiger partial charge in [-0.05, 0) is 31.2 Å². The van der Waals surface area contributed by atoms with Crippen LogP contribution in [0.25, 0.3) is 0 Å². The fourth-order valence-corrected chi connectivity index (χ4v) is 1.30. The molecule has 0 bridgehead atoms. The van der Waals surface area contributed by atoms with Crippen LogP contribution in [-0.4, -0.2) is 34.4 Å². The van der Waals surface area contributed by atoms with Crippen LogP contribution in [-0.2, 0) is 4.79 Å². The largest absolute Gasteiger partial charge is 0.479 e. The average Bonchev–Trinajstić information content (AvgIpc) is 2.29. The lowest BCUT2D eigenvalue weighted by atomic mass is 10.1. The number of carbonyl (C=O) groups excluding carboxylic acids is 1. The first-order valence-corrected chi connectivity index (χ1v) is 5.87. The van der Waals surface area contributed by atoms with Crippen molar-refractivity contribution in [1.29, 1.82) is 0 Å². The summed E-state index contributed by atoms with van der Waals surface area (Å²) in [7, 11) is 0. The predicted molar refractivity (Wildman–Crippen MR) is 69.4 cm³/mol. The van der Waals surface area contributed by atoms with E-state index in [0.29, 0.717) is 5.69 Å². The van der Waals surface area contributed by atoms with Gasteiger partial charge in [-0.3, -0.25) is 0 Å². The van der Waals surface area contributed by atoms with Gasteiger partial charge in [0.25, 0.3) is 0 Å². The van der Waals surface area contributed by atoms with Gasteiger partial charge in [-0.25, -0.2) is 9.59 Å². The molecule has 0 saturated heterocycles. The molecule has 0 aromatic heterocycles. The molecule has 0 aliphatic rings. The van der Waals surface area contributed by atoms with Crippen LogP contribution in [0, 0.1) is 0 Å². The molecular weight excluding hydrogens is 304 g/mol. The van der Waals surface area contributed by atoms with E-state index in [2.05, 4.69) is 26.6 Å². The Kier molecular flexibility index (Phi) is 4.69. The molecule has 1 unspecified atom stereocenters. The zero-order valence-electron chi connectivity index (χ0n) is 9.61. The summed E-state index contributed by atoms with van der Waals surface area (Å²) in [6, 6.07) is 6.28. The first-order valence-electron chi connectivity index (χ1n) is 5.07. The molecule has 4 N–H and O–H groups in total. The number of amides is 2. The maximum atomic E-state index is 11.4. The van der Waals surface area contributed by atoms with Gasteiger partial charge < -0.3 is 20.8 Å². The molecule has 1 aromatic carbocycles. The molecule has 7 heteroatoms. The van der Waals surface area contributed by atoms with Gasteiger partial charge in [0.2, 0.25) is 0 Å². The molecule has 0 heterocycles. The predicted octanol–water partition coefficient (Wildman–Crippen LogP) is 1.41. The van der Waals surface area contributed by atoms with Crippen molar-refractivity contribution in [2.24, 2.45) is 0 Å². The molecule has 18 heavy (non-hydrogen) atoms. The summed E-state index contributed by atoms with van der Waals surface area (Å²) in [6.45, 7) is 0.722. The van der Waals surface area contributed by atoms with E-state index in [1.807, 2.05) is 0 Å². The summed E-state index contributed by atoms with van der Waals surface area (Å²) in [5.74, 6) is -1.40. The highest BCUT2D eigenvalue weighted by Crippen LogP contribution is 2.13. The molecule has 2 amide bonds. The zero-order valence-corrected chi connectivity index (χ0v) is 11.2. The number of halogens is 1. The van der Waals surface area contributed by atoms with Crippen LogP contribution in [0.3, 0.4) is 0 Å². The molecule has 0 spiro atoms. The molecule has 0 fully saturated rings. The second-order valence-corrected chi connectivity index (χ2v) is 4.81. The Bertz CT molecular complexity index is 445. The van der Waals surface area contributed by atoms with Gasteiger partial charge in [0.05, 0.1) is 6.54 Å². The third-order valence-corrected chi connectivity index (χ3v) is 2.68. The summed E-state index contributed by atoms with van der Waals surface area (Å²) in [4.78, 5) is 22.0. The van der Waals surface area contributed by atoms with Crippen LogP contribution in [0.15, 0.2) is 28.7 Å². The number of aliphatic carboxylic acids is 1. The minimum Gasteiger partial charge on any atom is -0.479 e. The lowest BCUT2D eigenvalue weighted by Gasteiger charge is -2.18. The molecule has 1 aromatic rings. The quantitative estimate of drug-likeness (QED) is 0.675. The second-order valence-electron chi connectivity index (χ2n) is 3.89. The molecular formula is C11H13BrN2O4.